The van der Waals surface area contributed by atoms with Gasteiger partial charge in [0.05, 0.1) is 0 Å². The summed E-state index contributed by atoms with van der Waals surface area (Å²) in [5.74, 6) is 2.70. The van der Waals surface area contributed by atoms with E-state index in [0.29, 0.717) is 0 Å². The van der Waals surface area contributed by atoms with E-state index in [1.165, 1.54) is 31.7 Å². The Morgan fingerprint density at radius 2 is 1.78 bits per heavy atom. The Morgan fingerprint density at radius 1 is 1.22 bits per heavy atom. The number of nitrogens with zero attached hydrogens (tertiary/aromatic N) is 1. The fourth-order valence-electron chi connectivity index (χ4n) is 3.41. The van der Waals surface area contributed by atoms with Crippen molar-refractivity contribution >= 4 is 11.8 Å². The Morgan fingerprint density at radius 3 is 2.17 bits per heavy atom. The standard InChI is InChI=1S/C15H32N2S/c1-12(2)8-15(11-16,9-13(3)4)17-6-7-18-14(5)10-17/h12-14H,6-11,16H2,1-5H3. The van der Waals surface area contributed by atoms with Crippen molar-refractivity contribution in [3.63, 3.8) is 0 Å². The van der Waals surface area contributed by atoms with Crippen LogP contribution in [0.3, 0.4) is 0 Å². The molecule has 2 nitrogen and oxygen atoms in total. The van der Waals surface area contributed by atoms with Gasteiger partial charge in [0.2, 0.25) is 0 Å². The molecule has 1 unspecified atom stereocenters. The predicted octanol–water partition coefficient (Wildman–Crippen LogP) is 3.21. The van der Waals surface area contributed by atoms with Gasteiger partial charge in [0.25, 0.3) is 0 Å². The Bertz CT molecular complexity index is 231. The number of nitrogens with two attached hydrogens (primary N) is 1. The molecule has 108 valence electrons. The molecule has 1 aliphatic rings. The van der Waals surface area contributed by atoms with E-state index in [1.54, 1.807) is 0 Å². The fraction of sp³-hybridized carbons (Fsp3) is 1.00. The highest BCUT2D eigenvalue weighted by atomic mass is 32.2. The maximum absolute atomic E-state index is 6.23. The van der Waals surface area contributed by atoms with Crippen LogP contribution in [0.5, 0.6) is 0 Å². The third kappa shape index (κ3) is 4.43. The van der Waals surface area contributed by atoms with E-state index in [4.69, 9.17) is 5.73 Å². The molecule has 1 aliphatic heterocycles. The van der Waals surface area contributed by atoms with Crippen molar-refractivity contribution in [1.82, 2.24) is 4.90 Å². The lowest BCUT2D eigenvalue weighted by molar-refractivity contribution is 0.0572. The molecule has 0 aliphatic carbocycles. The second kappa shape index (κ2) is 7.16. The van der Waals surface area contributed by atoms with Gasteiger partial charge in [-0.2, -0.15) is 11.8 Å². The molecule has 1 fully saturated rings. The Hall–Kier alpha value is 0.270. The summed E-state index contributed by atoms with van der Waals surface area (Å²) in [7, 11) is 0. The van der Waals surface area contributed by atoms with Gasteiger partial charge in [0.1, 0.15) is 0 Å². The summed E-state index contributed by atoms with van der Waals surface area (Å²) in [6.07, 6.45) is 2.47. The molecule has 1 saturated heterocycles. The highest BCUT2D eigenvalue weighted by Gasteiger charge is 2.38. The molecule has 18 heavy (non-hydrogen) atoms. The molecule has 0 bridgehead atoms. The van der Waals surface area contributed by atoms with Crippen molar-refractivity contribution in [3.8, 4) is 0 Å². The van der Waals surface area contributed by atoms with Crippen LogP contribution in [0.4, 0.5) is 0 Å². The molecular weight excluding hydrogens is 240 g/mol. The van der Waals surface area contributed by atoms with Crippen LogP contribution in [0.25, 0.3) is 0 Å². The highest BCUT2D eigenvalue weighted by molar-refractivity contribution is 7.99. The number of hydrogen-bond acceptors (Lipinski definition) is 3. The maximum atomic E-state index is 6.23. The van der Waals surface area contributed by atoms with Crippen LogP contribution in [0.2, 0.25) is 0 Å². The van der Waals surface area contributed by atoms with Crippen LogP contribution >= 0.6 is 11.8 Å². The molecular formula is C15H32N2S. The largest absolute Gasteiger partial charge is 0.329 e. The first-order chi connectivity index (χ1) is 8.39. The third-order valence-corrected chi connectivity index (χ3v) is 5.00. The lowest BCUT2D eigenvalue weighted by Gasteiger charge is -2.48. The summed E-state index contributed by atoms with van der Waals surface area (Å²) in [5.41, 5.74) is 6.47. The van der Waals surface area contributed by atoms with Gasteiger partial charge in [-0.05, 0) is 24.7 Å². The van der Waals surface area contributed by atoms with Gasteiger partial charge < -0.3 is 5.73 Å². The molecule has 0 saturated carbocycles. The lowest BCUT2D eigenvalue weighted by atomic mass is 9.80. The molecule has 0 amide bonds. The SMILES string of the molecule is CC(C)CC(CN)(CC(C)C)N1CCSC(C)C1. The van der Waals surface area contributed by atoms with E-state index in [0.717, 1.165) is 23.6 Å². The van der Waals surface area contributed by atoms with Gasteiger partial charge in [-0.15, -0.1) is 0 Å². The van der Waals surface area contributed by atoms with Crippen molar-refractivity contribution in [2.75, 3.05) is 25.4 Å². The molecule has 0 aromatic rings. The van der Waals surface area contributed by atoms with Crippen LogP contribution in [0.1, 0.15) is 47.5 Å². The van der Waals surface area contributed by atoms with E-state index in [9.17, 15) is 0 Å². The van der Waals surface area contributed by atoms with Crippen LogP contribution in [-0.4, -0.2) is 41.1 Å². The molecule has 1 heterocycles. The monoisotopic (exact) mass is 272 g/mol. The maximum Gasteiger partial charge on any atom is 0.0337 e. The van der Waals surface area contributed by atoms with Gasteiger partial charge in [-0.1, -0.05) is 34.6 Å². The highest BCUT2D eigenvalue weighted by Crippen LogP contribution is 2.33. The second-order valence-electron chi connectivity index (χ2n) is 6.75. The molecule has 2 N–H and O–H groups in total. The number of rotatable bonds is 6. The fourth-order valence-corrected chi connectivity index (χ4v) is 4.42. The summed E-state index contributed by atoms with van der Waals surface area (Å²) in [6, 6.07) is 0. The van der Waals surface area contributed by atoms with Gasteiger partial charge >= 0.3 is 0 Å². The average molecular weight is 273 g/mol. The van der Waals surface area contributed by atoms with E-state index < -0.39 is 0 Å². The van der Waals surface area contributed by atoms with Crippen LogP contribution in [-0.2, 0) is 0 Å². The minimum absolute atomic E-state index is 0.234. The third-order valence-electron chi connectivity index (χ3n) is 3.87. The zero-order valence-corrected chi connectivity index (χ0v) is 13.7. The van der Waals surface area contributed by atoms with E-state index >= 15 is 0 Å². The zero-order valence-electron chi connectivity index (χ0n) is 12.9. The summed E-state index contributed by atoms with van der Waals surface area (Å²) in [6.45, 7) is 14.9. The molecule has 1 rings (SSSR count). The molecule has 0 radical (unpaired) electrons. The smallest absolute Gasteiger partial charge is 0.0337 e. The Balaban J connectivity index is 2.85. The zero-order chi connectivity index (χ0) is 13.8. The normalized spacial score (nSPS) is 23.0. The number of hydrogen-bond donors (Lipinski definition) is 1. The molecule has 1 atom stereocenters. The van der Waals surface area contributed by atoms with Crippen molar-refractivity contribution in [2.45, 2.75) is 58.2 Å². The molecule has 3 heteroatoms. The Kier molecular flexibility index (Phi) is 6.49. The van der Waals surface area contributed by atoms with E-state index in [-0.39, 0.29) is 5.54 Å². The first-order valence-electron chi connectivity index (χ1n) is 7.46. The average Bonchev–Trinajstić information content (AvgIpc) is 2.26. The molecule has 0 spiro atoms. The first-order valence-corrected chi connectivity index (χ1v) is 8.51. The summed E-state index contributed by atoms with van der Waals surface area (Å²) >= 11 is 2.10. The first kappa shape index (κ1) is 16.3. The summed E-state index contributed by atoms with van der Waals surface area (Å²) < 4.78 is 0. The lowest BCUT2D eigenvalue weighted by Crippen LogP contribution is -2.58. The van der Waals surface area contributed by atoms with Crippen LogP contribution in [0, 0.1) is 11.8 Å². The van der Waals surface area contributed by atoms with E-state index in [1.807, 2.05) is 0 Å². The quantitative estimate of drug-likeness (QED) is 0.805. The minimum atomic E-state index is 0.234. The summed E-state index contributed by atoms with van der Waals surface area (Å²) in [5, 5.41) is 0.754. The van der Waals surface area contributed by atoms with Crippen LogP contribution in [0.15, 0.2) is 0 Å². The minimum Gasteiger partial charge on any atom is -0.329 e. The predicted molar refractivity (Wildman–Crippen MR) is 84.2 cm³/mol. The van der Waals surface area contributed by atoms with Gasteiger partial charge in [0.15, 0.2) is 0 Å². The van der Waals surface area contributed by atoms with Crippen LogP contribution < -0.4 is 5.73 Å². The second-order valence-corrected chi connectivity index (χ2v) is 8.30. The molecule has 0 aromatic carbocycles. The van der Waals surface area contributed by atoms with Crippen molar-refractivity contribution < 1.29 is 0 Å². The van der Waals surface area contributed by atoms with Crippen molar-refractivity contribution in [2.24, 2.45) is 17.6 Å². The van der Waals surface area contributed by atoms with Crippen molar-refractivity contribution in [3.05, 3.63) is 0 Å². The van der Waals surface area contributed by atoms with Gasteiger partial charge in [-0.3, -0.25) is 4.90 Å². The van der Waals surface area contributed by atoms with Gasteiger partial charge in [-0.25, -0.2) is 0 Å². The van der Waals surface area contributed by atoms with Crippen molar-refractivity contribution in [1.29, 1.82) is 0 Å². The molecule has 0 aromatic heterocycles. The van der Waals surface area contributed by atoms with Gasteiger partial charge in [0, 0.05) is 36.2 Å². The Labute approximate surface area is 118 Å². The topological polar surface area (TPSA) is 29.3 Å². The van der Waals surface area contributed by atoms with E-state index in [2.05, 4.69) is 51.3 Å². The summed E-state index contributed by atoms with van der Waals surface area (Å²) in [4.78, 5) is 2.70. The number of thioether (sulfide) groups is 1.